The molecule has 0 bridgehead atoms. The molecule has 0 aliphatic heterocycles. The second-order valence-corrected chi connectivity index (χ2v) is 6.76. The van der Waals surface area contributed by atoms with E-state index in [0.29, 0.717) is 12.0 Å². The van der Waals surface area contributed by atoms with E-state index >= 15 is 0 Å². The lowest BCUT2D eigenvalue weighted by molar-refractivity contribution is -0.124. The summed E-state index contributed by atoms with van der Waals surface area (Å²) in [4.78, 5) is 23.8. The lowest BCUT2D eigenvalue weighted by Gasteiger charge is -2.44. The summed E-state index contributed by atoms with van der Waals surface area (Å²) in [5, 5.41) is 12.5. The average Bonchev–Trinajstić information content (AvgIpc) is 2.57. The molecule has 1 saturated carbocycles. The summed E-state index contributed by atoms with van der Waals surface area (Å²) in [5.41, 5.74) is 3.10. The molecule has 4 nitrogen and oxygen atoms in total. The summed E-state index contributed by atoms with van der Waals surface area (Å²) in [7, 11) is 0. The first-order chi connectivity index (χ1) is 12.0. The number of hydrogen-bond acceptors (Lipinski definition) is 2. The number of carboxylic acids is 1. The van der Waals surface area contributed by atoms with Crippen molar-refractivity contribution >= 4 is 11.9 Å². The number of aryl methyl sites for hydroxylation is 2. The SMILES string of the molecule is Cc1ccccc1C1(NC(=O)CCc2ccccc2C(=O)O)CCC1. The summed E-state index contributed by atoms with van der Waals surface area (Å²) in [6.07, 6.45) is 3.73. The summed E-state index contributed by atoms with van der Waals surface area (Å²) >= 11 is 0. The lowest BCUT2D eigenvalue weighted by Crippen LogP contribution is -2.51. The topological polar surface area (TPSA) is 66.4 Å². The Bertz CT molecular complexity index is 793. The van der Waals surface area contributed by atoms with E-state index < -0.39 is 5.97 Å². The maximum absolute atomic E-state index is 12.5. The number of benzene rings is 2. The van der Waals surface area contributed by atoms with Crippen LogP contribution in [0.5, 0.6) is 0 Å². The zero-order valence-electron chi connectivity index (χ0n) is 14.4. The minimum Gasteiger partial charge on any atom is -0.478 e. The van der Waals surface area contributed by atoms with Gasteiger partial charge in [0.1, 0.15) is 0 Å². The van der Waals surface area contributed by atoms with E-state index in [1.54, 1.807) is 24.3 Å². The van der Waals surface area contributed by atoms with Crippen LogP contribution >= 0.6 is 0 Å². The molecule has 0 radical (unpaired) electrons. The molecule has 1 aliphatic carbocycles. The molecule has 0 atom stereocenters. The van der Waals surface area contributed by atoms with Gasteiger partial charge in [-0.05, 0) is 55.4 Å². The van der Waals surface area contributed by atoms with E-state index in [0.717, 1.165) is 19.3 Å². The molecule has 2 aromatic rings. The van der Waals surface area contributed by atoms with Crippen molar-refractivity contribution in [2.24, 2.45) is 0 Å². The maximum atomic E-state index is 12.5. The van der Waals surface area contributed by atoms with Gasteiger partial charge in [0.15, 0.2) is 0 Å². The predicted molar refractivity (Wildman–Crippen MR) is 96.6 cm³/mol. The second-order valence-electron chi connectivity index (χ2n) is 6.76. The fourth-order valence-electron chi connectivity index (χ4n) is 3.63. The van der Waals surface area contributed by atoms with Crippen LogP contribution in [0.1, 0.15) is 52.7 Å². The van der Waals surface area contributed by atoms with Crippen LogP contribution in [-0.4, -0.2) is 17.0 Å². The van der Waals surface area contributed by atoms with E-state index in [-0.39, 0.29) is 23.4 Å². The number of carbonyl (C=O) groups excluding carboxylic acids is 1. The van der Waals surface area contributed by atoms with Gasteiger partial charge in [-0.3, -0.25) is 4.79 Å². The standard InChI is InChI=1S/C21H23NO3/c1-15-7-2-5-10-18(15)21(13-6-14-21)22-19(23)12-11-16-8-3-4-9-17(16)20(24)25/h2-5,7-10H,6,11-14H2,1H3,(H,22,23)(H,24,25). The van der Waals surface area contributed by atoms with Crippen molar-refractivity contribution in [2.75, 3.05) is 0 Å². The molecule has 2 N–H and O–H groups in total. The van der Waals surface area contributed by atoms with Crippen molar-refractivity contribution in [1.29, 1.82) is 0 Å². The number of carboxylic acid groups (broad SMARTS) is 1. The highest BCUT2D eigenvalue weighted by Gasteiger charge is 2.40. The van der Waals surface area contributed by atoms with Crippen LogP contribution in [0.2, 0.25) is 0 Å². The Morgan fingerprint density at radius 1 is 1.08 bits per heavy atom. The van der Waals surface area contributed by atoms with Gasteiger partial charge in [-0.2, -0.15) is 0 Å². The highest BCUT2D eigenvalue weighted by molar-refractivity contribution is 5.89. The summed E-state index contributed by atoms with van der Waals surface area (Å²) < 4.78 is 0. The molecule has 2 aromatic carbocycles. The normalized spacial score (nSPS) is 15.2. The van der Waals surface area contributed by atoms with Gasteiger partial charge in [0.2, 0.25) is 5.91 Å². The molecule has 130 valence electrons. The van der Waals surface area contributed by atoms with E-state index in [1.807, 2.05) is 12.1 Å². The van der Waals surface area contributed by atoms with Gasteiger partial charge in [0, 0.05) is 6.42 Å². The monoisotopic (exact) mass is 337 g/mol. The molecule has 0 spiro atoms. The van der Waals surface area contributed by atoms with Crippen LogP contribution in [0.4, 0.5) is 0 Å². The van der Waals surface area contributed by atoms with Gasteiger partial charge < -0.3 is 10.4 Å². The van der Waals surface area contributed by atoms with Crippen molar-refractivity contribution in [1.82, 2.24) is 5.32 Å². The van der Waals surface area contributed by atoms with Crippen molar-refractivity contribution in [3.05, 3.63) is 70.8 Å². The predicted octanol–water partition coefficient (Wildman–Crippen LogP) is 3.82. The summed E-state index contributed by atoms with van der Waals surface area (Å²) in [5.74, 6) is -0.977. The molecule has 3 rings (SSSR count). The van der Waals surface area contributed by atoms with Crippen LogP contribution in [0.3, 0.4) is 0 Å². The fraction of sp³-hybridized carbons (Fsp3) is 0.333. The Balaban J connectivity index is 1.69. The van der Waals surface area contributed by atoms with Crippen LogP contribution < -0.4 is 5.32 Å². The second kappa shape index (κ2) is 7.09. The number of carbonyl (C=O) groups is 2. The third kappa shape index (κ3) is 3.58. The molecule has 1 aliphatic rings. The summed E-state index contributed by atoms with van der Waals surface area (Å²) in [6, 6.07) is 15.1. The molecule has 0 saturated heterocycles. The minimum absolute atomic E-state index is 0.0249. The molecule has 1 fully saturated rings. The number of nitrogens with one attached hydrogen (secondary N) is 1. The Labute approximate surface area is 147 Å². The van der Waals surface area contributed by atoms with E-state index in [9.17, 15) is 14.7 Å². The molecular formula is C21H23NO3. The highest BCUT2D eigenvalue weighted by Crippen LogP contribution is 2.42. The van der Waals surface area contributed by atoms with Gasteiger partial charge in [-0.15, -0.1) is 0 Å². The van der Waals surface area contributed by atoms with Gasteiger partial charge in [-0.25, -0.2) is 4.79 Å². The Morgan fingerprint density at radius 3 is 2.40 bits per heavy atom. The van der Waals surface area contributed by atoms with E-state index in [4.69, 9.17) is 0 Å². The Hall–Kier alpha value is -2.62. The van der Waals surface area contributed by atoms with Crippen LogP contribution in [0.15, 0.2) is 48.5 Å². The maximum Gasteiger partial charge on any atom is 0.335 e. The molecule has 25 heavy (non-hydrogen) atoms. The number of hydrogen-bond donors (Lipinski definition) is 2. The first-order valence-electron chi connectivity index (χ1n) is 8.70. The molecule has 1 amide bonds. The third-order valence-electron chi connectivity index (χ3n) is 5.12. The third-order valence-corrected chi connectivity index (χ3v) is 5.12. The van der Waals surface area contributed by atoms with Gasteiger partial charge in [-0.1, -0.05) is 42.5 Å². The van der Waals surface area contributed by atoms with Crippen molar-refractivity contribution in [3.8, 4) is 0 Å². The van der Waals surface area contributed by atoms with Crippen molar-refractivity contribution < 1.29 is 14.7 Å². The molecule has 4 heteroatoms. The first kappa shape index (κ1) is 17.2. The highest BCUT2D eigenvalue weighted by atomic mass is 16.4. The van der Waals surface area contributed by atoms with Gasteiger partial charge in [0.25, 0.3) is 0 Å². The van der Waals surface area contributed by atoms with Crippen LogP contribution in [0, 0.1) is 6.92 Å². The molecular weight excluding hydrogens is 314 g/mol. The first-order valence-corrected chi connectivity index (χ1v) is 8.70. The van der Waals surface area contributed by atoms with Crippen molar-refractivity contribution in [3.63, 3.8) is 0 Å². The Morgan fingerprint density at radius 2 is 1.76 bits per heavy atom. The average molecular weight is 337 g/mol. The number of amides is 1. The fourth-order valence-corrected chi connectivity index (χ4v) is 3.63. The van der Waals surface area contributed by atoms with Crippen LogP contribution in [0.25, 0.3) is 0 Å². The largest absolute Gasteiger partial charge is 0.478 e. The Kier molecular flexibility index (Phi) is 4.88. The number of rotatable bonds is 6. The van der Waals surface area contributed by atoms with Gasteiger partial charge >= 0.3 is 5.97 Å². The van der Waals surface area contributed by atoms with E-state index in [1.165, 1.54) is 11.1 Å². The number of aromatic carboxylic acids is 1. The quantitative estimate of drug-likeness (QED) is 0.842. The summed E-state index contributed by atoms with van der Waals surface area (Å²) in [6.45, 7) is 2.07. The molecule has 0 aromatic heterocycles. The van der Waals surface area contributed by atoms with Gasteiger partial charge in [0.05, 0.1) is 11.1 Å². The molecule has 0 heterocycles. The molecule has 0 unspecified atom stereocenters. The lowest BCUT2D eigenvalue weighted by atomic mass is 9.70. The van der Waals surface area contributed by atoms with Crippen molar-refractivity contribution in [2.45, 2.75) is 44.6 Å². The zero-order valence-corrected chi connectivity index (χ0v) is 14.4. The van der Waals surface area contributed by atoms with E-state index in [2.05, 4.69) is 24.4 Å². The minimum atomic E-state index is -0.952. The smallest absolute Gasteiger partial charge is 0.335 e. The zero-order chi connectivity index (χ0) is 17.9. The van der Waals surface area contributed by atoms with Crippen LogP contribution in [-0.2, 0) is 16.8 Å².